The molecule has 0 aliphatic carbocycles. The standard InChI is InChI=1S/C11H23NO2/c1-9(2)13-8-10(12)11(3)6-4-5-7-14-11/h9-10H,4-8,12H2,1-3H3. The van der Waals surface area contributed by atoms with Gasteiger partial charge in [-0.1, -0.05) is 0 Å². The molecule has 0 radical (unpaired) electrons. The Kier molecular flexibility index (Phi) is 4.35. The van der Waals surface area contributed by atoms with E-state index in [0.717, 1.165) is 19.4 Å². The van der Waals surface area contributed by atoms with Gasteiger partial charge in [-0.25, -0.2) is 0 Å². The quantitative estimate of drug-likeness (QED) is 0.753. The van der Waals surface area contributed by atoms with Crippen molar-refractivity contribution in [2.24, 2.45) is 5.73 Å². The SMILES string of the molecule is CC(C)OCC(N)C1(C)CCCCO1. The van der Waals surface area contributed by atoms with Gasteiger partial charge < -0.3 is 15.2 Å². The minimum Gasteiger partial charge on any atom is -0.377 e. The van der Waals surface area contributed by atoms with Crippen molar-refractivity contribution < 1.29 is 9.47 Å². The van der Waals surface area contributed by atoms with Gasteiger partial charge in [-0.2, -0.15) is 0 Å². The molecule has 2 N–H and O–H groups in total. The molecule has 1 fully saturated rings. The van der Waals surface area contributed by atoms with E-state index >= 15 is 0 Å². The maximum atomic E-state index is 6.08. The molecule has 3 nitrogen and oxygen atoms in total. The molecule has 14 heavy (non-hydrogen) atoms. The fourth-order valence-electron chi connectivity index (χ4n) is 1.72. The lowest BCUT2D eigenvalue weighted by atomic mass is 9.89. The summed E-state index contributed by atoms with van der Waals surface area (Å²) >= 11 is 0. The van der Waals surface area contributed by atoms with Crippen LogP contribution in [0.5, 0.6) is 0 Å². The Morgan fingerprint density at radius 2 is 2.14 bits per heavy atom. The molecule has 2 unspecified atom stereocenters. The molecule has 3 heteroatoms. The lowest BCUT2D eigenvalue weighted by Gasteiger charge is -2.38. The van der Waals surface area contributed by atoms with Crippen LogP contribution in [-0.4, -0.2) is 31.0 Å². The van der Waals surface area contributed by atoms with Crippen LogP contribution in [-0.2, 0) is 9.47 Å². The average Bonchev–Trinajstić information content (AvgIpc) is 2.15. The van der Waals surface area contributed by atoms with Crippen LogP contribution in [0, 0.1) is 0 Å². The van der Waals surface area contributed by atoms with Gasteiger partial charge in [-0.15, -0.1) is 0 Å². The van der Waals surface area contributed by atoms with Crippen LogP contribution < -0.4 is 5.73 Å². The van der Waals surface area contributed by atoms with Crippen LogP contribution in [0.3, 0.4) is 0 Å². The maximum Gasteiger partial charge on any atom is 0.0827 e. The van der Waals surface area contributed by atoms with Crippen molar-refractivity contribution in [1.29, 1.82) is 0 Å². The predicted octanol–water partition coefficient (Wildman–Crippen LogP) is 1.70. The van der Waals surface area contributed by atoms with Crippen molar-refractivity contribution in [3.05, 3.63) is 0 Å². The smallest absolute Gasteiger partial charge is 0.0827 e. The Labute approximate surface area is 86.9 Å². The van der Waals surface area contributed by atoms with E-state index < -0.39 is 0 Å². The highest BCUT2D eigenvalue weighted by Gasteiger charge is 2.34. The normalized spacial score (nSPS) is 30.6. The fourth-order valence-corrected chi connectivity index (χ4v) is 1.72. The van der Waals surface area contributed by atoms with Crippen LogP contribution in [0.15, 0.2) is 0 Å². The molecule has 1 heterocycles. The van der Waals surface area contributed by atoms with E-state index in [1.165, 1.54) is 6.42 Å². The molecule has 84 valence electrons. The van der Waals surface area contributed by atoms with Gasteiger partial charge in [0.05, 0.1) is 24.4 Å². The highest BCUT2D eigenvalue weighted by atomic mass is 16.5. The summed E-state index contributed by atoms with van der Waals surface area (Å²) in [7, 11) is 0. The Bertz CT molecular complexity index is 165. The second-order valence-corrected chi connectivity index (χ2v) is 4.61. The number of rotatable bonds is 4. The first kappa shape index (κ1) is 12.0. The van der Waals surface area contributed by atoms with E-state index in [1.807, 2.05) is 13.8 Å². The summed E-state index contributed by atoms with van der Waals surface area (Å²) in [6.07, 6.45) is 3.67. The molecular weight excluding hydrogens is 178 g/mol. The molecule has 0 aromatic heterocycles. The van der Waals surface area contributed by atoms with Crippen molar-refractivity contribution in [2.75, 3.05) is 13.2 Å². The van der Waals surface area contributed by atoms with E-state index in [0.29, 0.717) is 6.61 Å². The summed E-state index contributed by atoms with van der Waals surface area (Å²) < 4.78 is 11.3. The first-order valence-electron chi connectivity index (χ1n) is 5.56. The largest absolute Gasteiger partial charge is 0.377 e. The minimum atomic E-state index is -0.173. The zero-order valence-corrected chi connectivity index (χ0v) is 9.58. The van der Waals surface area contributed by atoms with E-state index in [2.05, 4.69) is 6.92 Å². The molecule has 1 aliphatic rings. The number of ether oxygens (including phenoxy) is 2. The molecule has 0 saturated carbocycles. The van der Waals surface area contributed by atoms with Gasteiger partial charge in [0.25, 0.3) is 0 Å². The Hall–Kier alpha value is -0.120. The topological polar surface area (TPSA) is 44.5 Å². The van der Waals surface area contributed by atoms with Crippen LogP contribution in [0.25, 0.3) is 0 Å². The highest BCUT2D eigenvalue weighted by Crippen LogP contribution is 2.27. The van der Waals surface area contributed by atoms with Crippen molar-refractivity contribution in [3.63, 3.8) is 0 Å². The molecule has 0 aromatic carbocycles. The Morgan fingerprint density at radius 3 is 2.64 bits per heavy atom. The van der Waals surface area contributed by atoms with Crippen molar-refractivity contribution in [3.8, 4) is 0 Å². The zero-order valence-electron chi connectivity index (χ0n) is 9.58. The summed E-state index contributed by atoms with van der Waals surface area (Å²) in [5.74, 6) is 0. The third kappa shape index (κ3) is 3.23. The van der Waals surface area contributed by atoms with Gasteiger partial charge in [-0.3, -0.25) is 0 Å². The van der Waals surface area contributed by atoms with E-state index in [9.17, 15) is 0 Å². The second kappa shape index (κ2) is 5.10. The summed E-state index contributed by atoms with van der Waals surface area (Å²) in [6, 6.07) is -0.00907. The van der Waals surface area contributed by atoms with E-state index in [1.54, 1.807) is 0 Å². The molecule has 0 amide bonds. The average molecular weight is 201 g/mol. The molecule has 1 rings (SSSR count). The number of hydrogen-bond donors (Lipinski definition) is 1. The van der Waals surface area contributed by atoms with Gasteiger partial charge in [0.15, 0.2) is 0 Å². The molecule has 0 aromatic rings. The summed E-state index contributed by atoms with van der Waals surface area (Å²) in [5, 5.41) is 0. The first-order valence-corrected chi connectivity index (χ1v) is 5.56. The van der Waals surface area contributed by atoms with Crippen molar-refractivity contribution in [2.45, 2.75) is 57.8 Å². The monoisotopic (exact) mass is 201 g/mol. The van der Waals surface area contributed by atoms with Crippen LogP contribution in [0.1, 0.15) is 40.0 Å². The molecule has 2 atom stereocenters. The van der Waals surface area contributed by atoms with Gasteiger partial charge >= 0.3 is 0 Å². The first-order chi connectivity index (χ1) is 6.54. The molecule has 1 aliphatic heterocycles. The maximum absolute atomic E-state index is 6.08. The third-order valence-corrected chi connectivity index (χ3v) is 2.89. The van der Waals surface area contributed by atoms with Gasteiger partial charge in [0.2, 0.25) is 0 Å². The molecule has 0 bridgehead atoms. The van der Waals surface area contributed by atoms with Gasteiger partial charge in [0, 0.05) is 6.61 Å². The molecular formula is C11H23NO2. The summed E-state index contributed by atoms with van der Waals surface area (Å²) in [5.41, 5.74) is 5.91. The highest BCUT2D eigenvalue weighted by molar-refractivity contribution is 4.89. The fraction of sp³-hybridized carbons (Fsp3) is 1.00. The lowest BCUT2D eigenvalue weighted by Crippen LogP contribution is -2.52. The Balaban J connectivity index is 2.36. The molecule has 0 spiro atoms. The van der Waals surface area contributed by atoms with Crippen LogP contribution in [0.4, 0.5) is 0 Å². The molecule has 1 saturated heterocycles. The predicted molar refractivity (Wildman–Crippen MR) is 57.3 cm³/mol. The zero-order chi connectivity index (χ0) is 10.6. The summed E-state index contributed by atoms with van der Waals surface area (Å²) in [6.45, 7) is 7.58. The van der Waals surface area contributed by atoms with Crippen molar-refractivity contribution in [1.82, 2.24) is 0 Å². The summed E-state index contributed by atoms with van der Waals surface area (Å²) in [4.78, 5) is 0. The van der Waals surface area contributed by atoms with Gasteiger partial charge in [0.1, 0.15) is 0 Å². The Morgan fingerprint density at radius 1 is 1.43 bits per heavy atom. The number of nitrogens with two attached hydrogens (primary N) is 1. The second-order valence-electron chi connectivity index (χ2n) is 4.61. The van der Waals surface area contributed by atoms with Crippen LogP contribution >= 0.6 is 0 Å². The third-order valence-electron chi connectivity index (χ3n) is 2.89. The van der Waals surface area contributed by atoms with Gasteiger partial charge in [-0.05, 0) is 40.0 Å². The van der Waals surface area contributed by atoms with Crippen molar-refractivity contribution >= 4 is 0 Å². The van der Waals surface area contributed by atoms with Crippen LogP contribution in [0.2, 0.25) is 0 Å². The minimum absolute atomic E-state index is 0.00907. The van der Waals surface area contributed by atoms with E-state index in [-0.39, 0.29) is 17.7 Å². The number of hydrogen-bond acceptors (Lipinski definition) is 3. The van der Waals surface area contributed by atoms with E-state index in [4.69, 9.17) is 15.2 Å². The lowest BCUT2D eigenvalue weighted by molar-refractivity contribution is -0.0989.